The van der Waals surface area contributed by atoms with Crippen LogP contribution in [0.5, 0.6) is 5.75 Å². The number of fused-ring (bicyclic) bond motifs is 2. The maximum absolute atomic E-state index is 13.5. The number of sulfonamides is 1. The molecule has 0 N–H and O–H groups in total. The summed E-state index contributed by atoms with van der Waals surface area (Å²) in [7, 11) is -2.35. The number of anilines is 1. The van der Waals surface area contributed by atoms with E-state index in [-0.39, 0.29) is 16.8 Å². The van der Waals surface area contributed by atoms with Crippen LogP contribution in [-0.4, -0.2) is 33.5 Å². The molecule has 0 aromatic heterocycles. The van der Waals surface area contributed by atoms with Gasteiger partial charge in [0, 0.05) is 12.6 Å². The predicted octanol–water partition coefficient (Wildman–Crippen LogP) is 3.38. The lowest BCUT2D eigenvalue weighted by atomic mass is 10.1. The van der Waals surface area contributed by atoms with Crippen molar-refractivity contribution < 1.29 is 22.7 Å². The highest BCUT2D eigenvalue weighted by Gasteiger charge is 2.37. The molecular weight excluding hydrogens is 390 g/mol. The zero-order valence-electron chi connectivity index (χ0n) is 16.1. The van der Waals surface area contributed by atoms with Gasteiger partial charge in [-0.25, -0.2) is 12.7 Å². The largest absolute Gasteiger partial charge is 0.497 e. The van der Waals surface area contributed by atoms with Gasteiger partial charge < -0.3 is 9.47 Å². The molecule has 2 aromatic carbocycles. The molecule has 1 saturated heterocycles. The standard InChI is InChI=1S/C22H21NO5S/c1-15-3-10-20(11-4-15)29(25,26)23(17-5-7-18(27-2)8-6-17)14-16-13-19-9-12-21(24)22(16)28-19/h3-12,14,19,22H,13H2,1-2H3/b16-14+. The van der Waals surface area contributed by atoms with E-state index in [1.807, 2.05) is 6.92 Å². The van der Waals surface area contributed by atoms with Gasteiger partial charge in [-0.1, -0.05) is 23.8 Å². The number of aryl methyl sites for hydroxylation is 1. The van der Waals surface area contributed by atoms with E-state index >= 15 is 0 Å². The van der Waals surface area contributed by atoms with Gasteiger partial charge in [0.1, 0.15) is 11.9 Å². The Labute approximate surface area is 170 Å². The van der Waals surface area contributed by atoms with Crippen LogP contribution in [0.25, 0.3) is 0 Å². The topological polar surface area (TPSA) is 72.9 Å². The molecule has 150 valence electrons. The summed E-state index contributed by atoms with van der Waals surface area (Å²) in [6, 6.07) is 13.4. The van der Waals surface area contributed by atoms with Gasteiger partial charge >= 0.3 is 0 Å². The van der Waals surface area contributed by atoms with Crippen LogP contribution in [0.1, 0.15) is 12.0 Å². The van der Waals surface area contributed by atoms with Gasteiger partial charge in [-0.05, 0) is 55.0 Å². The third-order valence-corrected chi connectivity index (χ3v) is 6.71. The van der Waals surface area contributed by atoms with Crippen molar-refractivity contribution in [3.8, 4) is 5.75 Å². The van der Waals surface area contributed by atoms with Crippen molar-refractivity contribution in [2.75, 3.05) is 11.4 Å². The fourth-order valence-electron chi connectivity index (χ4n) is 3.41. The molecule has 2 bridgehead atoms. The number of carbonyl (C=O) groups excluding carboxylic acids is 1. The molecule has 2 aliphatic rings. The summed E-state index contributed by atoms with van der Waals surface area (Å²) in [5.41, 5.74) is 2.05. The molecule has 7 heteroatoms. The van der Waals surface area contributed by atoms with E-state index in [2.05, 4.69) is 0 Å². The Hall–Kier alpha value is -2.90. The van der Waals surface area contributed by atoms with E-state index in [1.165, 1.54) is 16.6 Å². The third kappa shape index (κ3) is 3.71. The van der Waals surface area contributed by atoms with Gasteiger partial charge in [-0.3, -0.25) is 4.79 Å². The minimum Gasteiger partial charge on any atom is -0.497 e. The minimum absolute atomic E-state index is 0.169. The van der Waals surface area contributed by atoms with Crippen LogP contribution in [-0.2, 0) is 19.6 Å². The summed E-state index contributed by atoms with van der Waals surface area (Å²) in [5.74, 6) is 0.445. The molecule has 0 saturated carbocycles. The molecule has 4 rings (SSSR count). The molecule has 29 heavy (non-hydrogen) atoms. The van der Waals surface area contributed by atoms with Crippen LogP contribution >= 0.6 is 0 Å². The van der Waals surface area contributed by atoms with Crippen LogP contribution < -0.4 is 9.04 Å². The molecule has 1 fully saturated rings. The first kappa shape index (κ1) is 19.4. The first-order valence-electron chi connectivity index (χ1n) is 9.22. The summed E-state index contributed by atoms with van der Waals surface area (Å²) in [6.45, 7) is 1.90. The molecule has 2 aliphatic heterocycles. The summed E-state index contributed by atoms with van der Waals surface area (Å²) >= 11 is 0. The number of ether oxygens (including phenoxy) is 2. The van der Waals surface area contributed by atoms with Gasteiger partial charge in [0.15, 0.2) is 5.78 Å². The van der Waals surface area contributed by atoms with Crippen molar-refractivity contribution in [2.45, 2.75) is 30.4 Å². The van der Waals surface area contributed by atoms with E-state index in [0.717, 1.165) is 5.56 Å². The fourth-order valence-corrected chi connectivity index (χ4v) is 4.79. The predicted molar refractivity (Wildman–Crippen MR) is 109 cm³/mol. The molecule has 2 aromatic rings. The second-order valence-electron chi connectivity index (χ2n) is 7.04. The normalized spacial score (nSPS) is 22.1. The number of hydrogen-bond donors (Lipinski definition) is 0. The molecule has 0 aliphatic carbocycles. The Balaban J connectivity index is 1.80. The van der Waals surface area contributed by atoms with Crippen molar-refractivity contribution in [1.82, 2.24) is 0 Å². The SMILES string of the molecule is COc1ccc(N(/C=C2\CC3C=CC(=O)C2O3)S(=O)(=O)c2ccc(C)cc2)cc1. The molecule has 0 radical (unpaired) electrons. The van der Waals surface area contributed by atoms with E-state index in [4.69, 9.17) is 9.47 Å². The van der Waals surface area contributed by atoms with Crippen LogP contribution in [0.2, 0.25) is 0 Å². The molecule has 6 nitrogen and oxygen atoms in total. The first-order chi connectivity index (χ1) is 13.9. The Morgan fingerprint density at radius 3 is 2.45 bits per heavy atom. The Morgan fingerprint density at radius 1 is 1.10 bits per heavy atom. The van der Waals surface area contributed by atoms with Crippen LogP contribution in [0, 0.1) is 6.92 Å². The second kappa shape index (κ2) is 7.50. The monoisotopic (exact) mass is 411 g/mol. The van der Waals surface area contributed by atoms with Crippen molar-refractivity contribution in [1.29, 1.82) is 0 Å². The van der Waals surface area contributed by atoms with E-state index in [9.17, 15) is 13.2 Å². The summed E-state index contributed by atoms with van der Waals surface area (Å²) in [5, 5.41) is 0. The Morgan fingerprint density at radius 2 is 1.79 bits per heavy atom. The lowest BCUT2D eigenvalue weighted by Gasteiger charge is -2.23. The van der Waals surface area contributed by atoms with Gasteiger partial charge in [0.05, 0.1) is 23.8 Å². The summed E-state index contributed by atoms with van der Waals surface area (Å²) in [4.78, 5) is 12.4. The molecule has 2 unspecified atom stereocenters. The number of methoxy groups -OCH3 is 1. The minimum atomic E-state index is -3.90. The van der Waals surface area contributed by atoms with Gasteiger partial charge in [0.25, 0.3) is 10.0 Å². The average molecular weight is 411 g/mol. The van der Waals surface area contributed by atoms with Crippen molar-refractivity contribution in [2.24, 2.45) is 0 Å². The second-order valence-corrected chi connectivity index (χ2v) is 8.85. The highest BCUT2D eigenvalue weighted by atomic mass is 32.2. The van der Waals surface area contributed by atoms with Gasteiger partial charge in [-0.15, -0.1) is 0 Å². The molecule has 2 atom stereocenters. The van der Waals surface area contributed by atoms with E-state index < -0.39 is 16.1 Å². The van der Waals surface area contributed by atoms with Gasteiger partial charge in [-0.2, -0.15) is 0 Å². The summed E-state index contributed by atoms with van der Waals surface area (Å²) in [6.07, 6.45) is 4.27. The van der Waals surface area contributed by atoms with Crippen LogP contribution in [0.3, 0.4) is 0 Å². The summed E-state index contributed by atoms with van der Waals surface area (Å²) < 4.78 is 39.0. The number of rotatable bonds is 5. The molecule has 0 amide bonds. The Bertz CT molecular complexity index is 1090. The zero-order valence-corrected chi connectivity index (χ0v) is 16.9. The number of carbonyl (C=O) groups is 1. The molecule has 2 heterocycles. The quantitative estimate of drug-likeness (QED) is 0.754. The van der Waals surface area contributed by atoms with Gasteiger partial charge in [0.2, 0.25) is 0 Å². The first-order valence-corrected chi connectivity index (χ1v) is 10.7. The zero-order chi connectivity index (χ0) is 20.6. The van der Waals surface area contributed by atoms with Crippen LogP contribution in [0.4, 0.5) is 5.69 Å². The molecular formula is C22H21NO5S. The van der Waals surface area contributed by atoms with Crippen LogP contribution in [0.15, 0.2) is 77.4 Å². The number of nitrogens with zero attached hydrogens (tertiary/aromatic N) is 1. The number of ketones is 1. The number of benzene rings is 2. The highest BCUT2D eigenvalue weighted by molar-refractivity contribution is 7.93. The fraction of sp³-hybridized carbons (Fsp3) is 0.227. The van der Waals surface area contributed by atoms with Crippen molar-refractivity contribution in [3.05, 3.63) is 78.0 Å². The lowest BCUT2D eigenvalue weighted by molar-refractivity contribution is -0.124. The van der Waals surface area contributed by atoms with Crippen molar-refractivity contribution >= 4 is 21.5 Å². The maximum Gasteiger partial charge on any atom is 0.268 e. The van der Waals surface area contributed by atoms with E-state index in [0.29, 0.717) is 23.4 Å². The van der Waals surface area contributed by atoms with Crippen molar-refractivity contribution in [3.63, 3.8) is 0 Å². The smallest absolute Gasteiger partial charge is 0.268 e. The third-order valence-electron chi connectivity index (χ3n) is 5.01. The number of hydrogen-bond acceptors (Lipinski definition) is 5. The maximum atomic E-state index is 13.5. The molecule has 0 spiro atoms. The lowest BCUT2D eigenvalue weighted by Crippen LogP contribution is -2.29. The highest BCUT2D eigenvalue weighted by Crippen LogP contribution is 2.34. The average Bonchev–Trinajstić information content (AvgIpc) is 3.07. The van der Waals surface area contributed by atoms with E-state index in [1.54, 1.807) is 61.7 Å². The Kier molecular flexibility index (Phi) is 5.02.